The number of amides is 2. The lowest BCUT2D eigenvalue weighted by molar-refractivity contribution is 0.0954. The van der Waals surface area contributed by atoms with Gasteiger partial charge in [-0.3, -0.25) is 9.59 Å². The zero-order valence-electron chi connectivity index (χ0n) is 15.8. The SMILES string of the molecule is CCNC(=O)c1cccc(NC(=O)c2cc(-c3ccco3)nc3ccccc23)c1. The Labute approximate surface area is 167 Å². The van der Waals surface area contributed by atoms with Gasteiger partial charge in [-0.1, -0.05) is 24.3 Å². The summed E-state index contributed by atoms with van der Waals surface area (Å²) in [5, 5.41) is 6.37. The van der Waals surface area contributed by atoms with E-state index in [-0.39, 0.29) is 11.8 Å². The molecule has 144 valence electrons. The largest absolute Gasteiger partial charge is 0.463 e. The number of nitrogens with zero attached hydrogens (tertiary/aromatic N) is 1. The first-order valence-corrected chi connectivity index (χ1v) is 9.29. The highest BCUT2D eigenvalue weighted by atomic mass is 16.3. The van der Waals surface area contributed by atoms with Crippen LogP contribution in [0.5, 0.6) is 0 Å². The molecule has 2 aromatic carbocycles. The van der Waals surface area contributed by atoms with Gasteiger partial charge in [-0.2, -0.15) is 0 Å². The number of nitrogens with one attached hydrogen (secondary N) is 2. The third kappa shape index (κ3) is 3.87. The van der Waals surface area contributed by atoms with Crippen LogP contribution in [0.2, 0.25) is 0 Å². The molecule has 2 N–H and O–H groups in total. The first-order chi connectivity index (χ1) is 14.2. The molecule has 0 saturated heterocycles. The van der Waals surface area contributed by atoms with Crippen LogP contribution in [0.1, 0.15) is 27.6 Å². The van der Waals surface area contributed by atoms with Gasteiger partial charge in [0.15, 0.2) is 5.76 Å². The van der Waals surface area contributed by atoms with Crippen LogP contribution in [0.4, 0.5) is 5.69 Å². The predicted molar refractivity (Wildman–Crippen MR) is 112 cm³/mol. The molecule has 4 aromatic rings. The number of carbonyl (C=O) groups excluding carboxylic acids is 2. The fraction of sp³-hybridized carbons (Fsp3) is 0.0870. The van der Waals surface area contributed by atoms with E-state index >= 15 is 0 Å². The Morgan fingerprint density at radius 2 is 1.83 bits per heavy atom. The molecule has 4 rings (SSSR count). The minimum Gasteiger partial charge on any atom is -0.463 e. The van der Waals surface area contributed by atoms with E-state index in [9.17, 15) is 9.59 Å². The number of pyridine rings is 1. The lowest BCUT2D eigenvalue weighted by Crippen LogP contribution is -2.22. The normalized spacial score (nSPS) is 10.7. The van der Waals surface area contributed by atoms with Gasteiger partial charge in [-0.15, -0.1) is 0 Å². The number of fused-ring (bicyclic) bond motifs is 1. The molecule has 0 atom stereocenters. The van der Waals surface area contributed by atoms with Crippen LogP contribution in [0, 0.1) is 0 Å². The Morgan fingerprint density at radius 3 is 2.62 bits per heavy atom. The summed E-state index contributed by atoms with van der Waals surface area (Å²) in [6.07, 6.45) is 1.57. The maximum Gasteiger partial charge on any atom is 0.256 e. The van der Waals surface area contributed by atoms with Crippen molar-refractivity contribution >= 4 is 28.4 Å². The van der Waals surface area contributed by atoms with Crippen LogP contribution in [0.15, 0.2) is 77.4 Å². The molecule has 2 heterocycles. The number of carbonyl (C=O) groups is 2. The summed E-state index contributed by atoms with van der Waals surface area (Å²) in [6.45, 7) is 2.39. The standard InChI is InChI=1S/C23H19N3O3/c1-2-24-22(27)15-7-5-8-16(13-15)25-23(28)18-14-20(21-11-6-12-29-21)26-19-10-4-3-9-17(18)19/h3-14H,2H2,1H3,(H,24,27)(H,25,28). The van der Waals surface area contributed by atoms with Crippen molar-refractivity contribution in [3.8, 4) is 11.5 Å². The van der Waals surface area contributed by atoms with Crippen LogP contribution in [-0.2, 0) is 0 Å². The molecule has 0 radical (unpaired) electrons. The van der Waals surface area contributed by atoms with Crippen LogP contribution >= 0.6 is 0 Å². The summed E-state index contributed by atoms with van der Waals surface area (Å²) < 4.78 is 5.45. The minimum atomic E-state index is -0.288. The third-order valence-corrected chi connectivity index (χ3v) is 4.45. The molecular formula is C23H19N3O3. The molecule has 29 heavy (non-hydrogen) atoms. The number of para-hydroxylation sites is 1. The van der Waals surface area contributed by atoms with Crippen molar-refractivity contribution in [2.45, 2.75) is 6.92 Å². The second-order valence-corrected chi connectivity index (χ2v) is 6.44. The van der Waals surface area contributed by atoms with E-state index in [2.05, 4.69) is 15.6 Å². The lowest BCUT2D eigenvalue weighted by Gasteiger charge is -2.11. The molecule has 2 amide bonds. The van der Waals surface area contributed by atoms with Crippen molar-refractivity contribution < 1.29 is 14.0 Å². The van der Waals surface area contributed by atoms with E-state index in [1.165, 1.54) is 0 Å². The zero-order valence-corrected chi connectivity index (χ0v) is 15.8. The molecule has 2 aromatic heterocycles. The summed E-state index contributed by atoms with van der Waals surface area (Å²) in [7, 11) is 0. The topological polar surface area (TPSA) is 84.2 Å². The smallest absolute Gasteiger partial charge is 0.256 e. The van der Waals surface area contributed by atoms with Gasteiger partial charge in [0.25, 0.3) is 11.8 Å². The summed E-state index contributed by atoms with van der Waals surface area (Å²) in [6, 6.07) is 19.6. The van der Waals surface area contributed by atoms with Gasteiger partial charge in [-0.25, -0.2) is 4.98 Å². The molecule has 0 unspecified atom stereocenters. The first-order valence-electron chi connectivity index (χ1n) is 9.29. The molecule has 0 bridgehead atoms. The molecule has 0 aliphatic rings. The van der Waals surface area contributed by atoms with Crippen molar-refractivity contribution in [2.75, 3.05) is 11.9 Å². The van der Waals surface area contributed by atoms with Crippen molar-refractivity contribution in [1.29, 1.82) is 0 Å². The number of benzene rings is 2. The number of rotatable bonds is 5. The van der Waals surface area contributed by atoms with E-state index in [0.717, 1.165) is 5.39 Å². The average molecular weight is 385 g/mol. The number of furan rings is 1. The van der Waals surface area contributed by atoms with Crippen LogP contribution in [0.3, 0.4) is 0 Å². The van der Waals surface area contributed by atoms with Crippen molar-refractivity contribution in [3.63, 3.8) is 0 Å². The summed E-state index contributed by atoms with van der Waals surface area (Å²) >= 11 is 0. The van der Waals surface area contributed by atoms with Crippen LogP contribution in [0.25, 0.3) is 22.4 Å². The van der Waals surface area contributed by atoms with Crippen molar-refractivity contribution in [3.05, 3.63) is 84.1 Å². The van der Waals surface area contributed by atoms with Gasteiger partial charge < -0.3 is 15.1 Å². The second kappa shape index (κ2) is 7.98. The predicted octanol–water partition coefficient (Wildman–Crippen LogP) is 4.50. The number of anilines is 1. The van der Waals surface area contributed by atoms with Gasteiger partial charge in [0.05, 0.1) is 17.3 Å². The molecular weight excluding hydrogens is 366 g/mol. The molecule has 6 heteroatoms. The molecule has 0 aliphatic heterocycles. The van der Waals surface area contributed by atoms with Gasteiger partial charge >= 0.3 is 0 Å². The van der Waals surface area contributed by atoms with Crippen LogP contribution in [-0.4, -0.2) is 23.3 Å². The van der Waals surface area contributed by atoms with Gasteiger partial charge in [-0.05, 0) is 49.4 Å². The van der Waals surface area contributed by atoms with E-state index < -0.39 is 0 Å². The zero-order chi connectivity index (χ0) is 20.2. The van der Waals surface area contributed by atoms with Gasteiger partial charge in [0, 0.05) is 23.2 Å². The first kappa shape index (κ1) is 18.4. The fourth-order valence-corrected chi connectivity index (χ4v) is 3.11. The summed E-state index contributed by atoms with van der Waals surface area (Å²) in [4.78, 5) is 29.7. The van der Waals surface area contributed by atoms with Crippen molar-refractivity contribution in [2.24, 2.45) is 0 Å². The molecule has 0 fully saturated rings. The van der Waals surface area contributed by atoms with E-state index in [0.29, 0.717) is 40.3 Å². The third-order valence-electron chi connectivity index (χ3n) is 4.45. The lowest BCUT2D eigenvalue weighted by atomic mass is 10.1. The number of aromatic nitrogens is 1. The number of hydrogen-bond acceptors (Lipinski definition) is 4. The Morgan fingerprint density at radius 1 is 0.966 bits per heavy atom. The second-order valence-electron chi connectivity index (χ2n) is 6.44. The number of hydrogen-bond donors (Lipinski definition) is 2. The van der Waals surface area contributed by atoms with E-state index in [1.807, 2.05) is 31.2 Å². The highest BCUT2D eigenvalue weighted by Crippen LogP contribution is 2.26. The Bertz CT molecular complexity index is 1180. The molecule has 6 nitrogen and oxygen atoms in total. The molecule has 0 aliphatic carbocycles. The highest BCUT2D eigenvalue weighted by molar-refractivity contribution is 6.13. The maximum atomic E-state index is 13.1. The van der Waals surface area contributed by atoms with E-state index in [4.69, 9.17) is 4.42 Å². The van der Waals surface area contributed by atoms with Gasteiger partial charge in [0.1, 0.15) is 5.69 Å². The highest BCUT2D eigenvalue weighted by Gasteiger charge is 2.16. The fourth-order valence-electron chi connectivity index (χ4n) is 3.11. The Hall–Kier alpha value is -3.93. The Balaban J connectivity index is 1.70. The average Bonchev–Trinajstić information content (AvgIpc) is 3.28. The monoisotopic (exact) mass is 385 g/mol. The quantitative estimate of drug-likeness (QED) is 0.530. The van der Waals surface area contributed by atoms with E-state index in [1.54, 1.807) is 48.7 Å². The maximum absolute atomic E-state index is 13.1. The summed E-state index contributed by atoms with van der Waals surface area (Å²) in [5.74, 6) is 0.116. The summed E-state index contributed by atoms with van der Waals surface area (Å²) in [5.41, 5.74) is 2.78. The van der Waals surface area contributed by atoms with Gasteiger partial charge in [0.2, 0.25) is 0 Å². The molecule has 0 saturated carbocycles. The molecule has 0 spiro atoms. The van der Waals surface area contributed by atoms with Crippen LogP contribution < -0.4 is 10.6 Å². The minimum absolute atomic E-state index is 0.182. The Kier molecular flexibility index (Phi) is 5.07. The van der Waals surface area contributed by atoms with Crippen molar-refractivity contribution in [1.82, 2.24) is 10.3 Å².